The van der Waals surface area contributed by atoms with Crippen molar-refractivity contribution in [1.82, 2.24) is 20.1 Å². The Morgan fingerprint density at radius 3 is 2.73 bits per heavy atom. The van der Waals surface area contributed by atoms with Gasteiger partial charge in [-0.15, -0.1) is 10.2 Å². The van der Waals surface area contributed by atoms with Crippen LogP contribution in [-0.4, -0.2) is 33.0 Å². The molecule has 0 bridgehead atoms. The van der Waals surface area contributed by atoms with Gasteiger partial charge in [-0.3, -0.25) is 4.79 Å². The zero-order valence-corrected chi connectivity index (χ0v) is 20.0. The highest BCUT2D eigenvalue weighted by Crippen LogP contribution is 2.33. The lowest BCUT2D eigenvalue weighted by Crippen LogP contribution is -2.30. The van der Waals surface area contributed by atoms with Gasteiger partial charge in [0.2, 0.25) is 5.91 Å². The van der Waals surface area contributed by atoms with E-state index in [1.54, 1.807) is 6.07 Å². The summed E-state index contributed by atoms with van der Waals surface area (Å²) in [5, 5.41) is 13.8. The monoisotopic (exact) mass is 468 g/mol. The number of carbonyl (C=O) groups excluding carboxylic acids is 1. The molecule has 30 heavy (non-hydrogen) atoms. The van der Waals surface area contributed by atoms with E-state index in [1.807, 2.05) is 19.1 Å². The van der Waals surface area contributed by atoms with Crippen molar-refractivity contribution in [2.75, 3.05) is 12.3 Å². The van der Waals surface area contributed by atoms with Crippen LogP contribution in [0, 0.1) is 6.92 Å². The van der Waals surface area contributed by atoms with Gasteiger partial charge in [-0.1, -0.05) is 73.6 Å². The van der Waals surface area contributed by atoms with E-state index in [9.17, 15) is 4.79 Å². The van der Waals surface area contributed by atoms with Crippen molar-refractivity contribution in [1.29, 1.82) is 0 Å². The van der Waals surface area contributed by atoms with Crippen LogP contribution < -0.4 is 5.32 Å². The molecule has 1 amide bonds. The number of nitrogens with one attached hydrogen (secondary N) is 1. The topological polar surface area (TPSA) is 59.8 Å². The third-order valence-corrected chi connectivity index (χ3v) is 7.20. The van der Waals surface area contributed by atoms with Gasteiger partial charge >= 0.3 is 0 Å². The lowest BCUT2D eigenvalue weighted by molar-refractivity contribution is -0.118. The summed E-state index contributed by atoms with van der Waals surface area (Å²) < 4.78 is 2.23. The Bertz CT molecular complexity index is 852. The molecule has 1 aromatic carbocycles. The molecule has 0 spiro atoms. The molecule has 164 valence electrons. The fourth-order valence-corrected chi connectivity index (χ4v) is 5.62. The molecule has 1 saturated carbocycles. The normalized spacial score (nSPS) is 15.9. The lowest BCUT2D eigenvalue weighted by atomic mass is 9.94. The first-order valence-corrected chi connectivity index (χ1v) is 12.5. The summed E-state index contributed by atoms with van der Waals surface area (Å²) in [6, 6.07) is 6.03. The van der Waals surface area contributed by atoms with Gasteiger partial charge in [-0.25, -0.2) is 0 Å². The highest BCUT2D eigenvalue weighted by Gasteiger charge is 2.22. The zero-order valence-electron chi connectivity index (χ0n) is 17.7. The van der Waals surface area contributed by atoms with Crippen molar-refractivity contribution in [2.24, 2.45) is 0 Å². The molecule has 8 heteroatoms. The van der Waals surface area contributed by atoms with E-state index in [2.05, 4.69) is 27.0 Å². The van der Waals surface area contributed by atoms with E-state index in [4.69, 9.17) is 23.2 Å². The third kappa shape index (κ3) is 6.14. The number of hydrogen-bond acceptors (Lipinski definition) is 4. The summed E-state index contributed by atoms with van der Waals surface area (Å²) >= 11 is 13.9. The number of hydrogen-bond donors (Lipinski definition) is 1. The second-order valence-corrected chi connectivity index (χ2v) is 9.72. The lowest BCUT2D eigenvalue weighted by Gasteiger charge is -2.25. The molecule has 0 aliphatic heterocycles. The maximum Gasteiger partial charge on any atom is 0.230 e. The SMILES string of the molecule is CCC[C@H](CNC(=O)CSc1nnc(C)n1C1CCCCC1)c1ccc(Cl)cc1Cl. The van der Waals surface area contributed by atoms with Crippen molar-refractivity contribution in [3.05, 3.63) is 39.6 Å². The fraction of sp³-hybridized carbons (Fsp3) is 0.591. The average Bonchev–Trinajstić information content (AvgIpc) is 3.11. The van der Waals surface area contributed by atoms with E-state index in [1.165, 1.54) is 43.9 Å². The fourth-order valence-electron chi connectivity index (χ4n) is 4.17. The van der Waals surface area contributed by atoms with Gasteiger partial charge in [0.25, 0.3) is 0 Å². The van der Waals surface area contributed by atoms with Crippen molar-refractivity contribution in [2.45, 2.75) is 75.9 Å². The van der Waals surface area contributed by atoms with Crippen LogP contribution in [0.25, 0.3) is 0 Å². The number of carbonyl (C=O) groups is 1. The maximum atomic E-state index is 12.5. The number of amides is 1. The first-order valence-electron chi connectivity index (χ1n) is 10.8. The Labute approximate surface area is 193 Å². The molecular formula is C22H30Cl2N4OS. The Morgan fingerprint density at radius 2 is 2.03 bits per heavy atom. The van der Waals surface area contributed by atoms with Crippen LogP contribution in [0.15, 0.2) is 23.4 Å². The van der Waals surface area contributed by atoms with Gasteiger partial charge in [0, 0.05) is 28.5 Å². The average molecular weight is 469 g/mol. The largest absolute Gasteiger partial charge is 0.355 e. The highest BCUT2D eigenvalue weighted by atomic mass is 35.5. The molecule has 1 fully saturated rings. The molecule has 2 aromatic rings. The molecule has 1 aromatic heterocycles. The van der Waals surface area contributed by atoms with Crippen LogP contribution in [0.4, 0.5) is 0 Å². The van der Waals surface area contributed by atoms with Crippen LogP contribution in [0.1, 0.15) is 75.2 Å². The molecule has 5 nitrogen and oxygen atoms in total. The predicted octanol–water partition coefficient (Wildman–Crippen LogP) is 6.19. The maximum absolute atomic E-state index is 12.5. The Balaban J connectivity index is 1.56. The molecular weight excluding hydrogens is 439 g/mol. The number of aromatic nitrogens is 3. The Hall–Kier alpha value is -1.24. The van der Waals surface area contributed by atoms with Gasteiger partial charge < -0.3 is 9.88 Å². The Kier molecular flexibility index (Phi) is 8.90. The molecule has 1 atom stereocenters. The zero-order chi connectivity index (χ0) is 21.5. The Morgan fingerprint density at radius 1 is 1.27 bits per heavy atom. The highest BCUT2D eigenvalue weighted by molar-refractivity contribution is 7.99. The van der Waals surface area contributed by atoms with Crippen molar-refractivity contribution in [3.63, 3.8) is 0 Å². The van der Waals surface area contributed by atoms with Gasteiger partial charge in [0.1, 0.15) is 5.82 Å². The van der Waals surface area contributed by atoms with Gasteiger partial charge in [-0.05, 0) is 43.9 Å². The van der Waals surface area contributed by atoms with Gasteiger partial charge in [-0.2, -0.15) is 0 Å². The molecule has 3 rings (SSSR count). The number of aryl methyl sites for hydroxylation is 1. The smallest absolute Gasteiger partial charge is 0.230 e. The van der Waals surface area contributed by atoms with Gasteiger partial charge in [0.05, 0.1) is 5.75 Å². The minimum absolute atomic E-state index is 0.00189. The number of benzene rings is 1. The summed E-state index contributed by atoms with van der Waals surface area (Å²) in [4.78, 5) is 12.5. The number of halogens is 2. The van der Waals surface area contributed by atoms with E-state index in [0.29, 0.717) is 28.4 Å². The third-order valence-electron chi connectivity index (χ3n) is 5.69. The van der Waals surface area contributed by atoms with Crippen molar-refractivity contribution < 1.29 is 4.79 Å². The van der Waals surface area contributed by atoms with Crippen LogP contribution in [0.5, 0.6) is 0 Å². The number of thioether (sulfide) groups is 1. The molecule has 0 unspecified atom stereocenters. The second kappa shape index (κ2) is 11.4. The summed E-state index contributed by atoms with van der Waals surface area (Å²) in [5.74, 6) is 1.44. The van der Waals surface area contributed by atoms with E-state index < -0.39 is 0 Å². The standard InChI is InChI=1S/C22H30Cl2N4OS/c1-3-7-16(19-11-10-17(23)12-20(19)24)13-25-21(29)14-30-22-27-26-15(2)28(22)18-8-5-4-6-9-18/h10-12,16,18H,3-9,13-14H2,1-2H3,(H,25,29)/t16-/m1/s1. The van der Waals surface area contributed by atoms with Crippen LogP contribution >= 0.6 is 35.0 Å². The molecule has 0 saturated heterocycles. The van der Waals surface area contributed by atoms with E-state index in [0.717, 1.165) is 29.4 Å². The van der Waals surface area contributed by atoms with Gasteiger partial charge in [0.15, 0.2) is 5.16 Å². The first kappa shape index (κ1) is 23.4. The van der Waals surface area contributed by atoms with Crippen LogP contribution in [0.2, 0.25) is 10.0 Å². The second-order valence-electron chi connectivity index (χ2n) is 7.94. The van der Waals surface area contributed by atoms with Crippen LogP contribution in [-0.2, 0) is 4.79 Å². The van der Waals surface area contributed by atoms with E-state index in [-0.39, 0.29) is 11.8 Å². The van der Waals surface area contributed by atoms with E-state index >= 15 is 0 Å². The van der Waals surface area contributed by atoms with Crippen LogP contribution in [0.3, 0.4) is 0 Å². The molecule has 0 radical (unpaired) electrons. The quantitative estimate of drug-likeness (QED) is 0.445. The summed E-state index contributed by atoms with van der Waals surface area (Å²) in [7, 11) is 0. The molecule has 1 N–H and O–H groups in total. The molecule has 1 aliphatic rings. The van der Waals surface area contributed by atoms with Crippen molar-refractivity contribution in [3.8, 4) is 0 Å². The number of rotatable bonds is 9. The first-order chi connectivity index (χ1) is 14.5. The van der Waals surface area contributed by atoms with Crippen molar-refractivity contribution >= 4 is 40.9 Å². The summed E-state index contributed by atoms with van der Waals surface area (Å²) in [6.45, 7) is 4.69. The molecule has 1 aliphatic carbocycles. The number of nitrogens with zero attached hydrogens (tertiary/aromatic N) is 3. The predicted molar refractivity (Wildman–Crippen MR) is 125 cm³/mol. The summed E-state index contributed by atoms with van der Waals surface area (Å²) in [6.07, 6.45) is 8.09. The summed E-state index contributed by atoms with van der Waals surface area (Å²) in [5.41, 5.74) is 1.03. The molecule has 1 heterocycles. The minimum Gasteiger partial charge on any atom is -0.355 e. The minimum atomic E-state index is 0.00189.